The van der Waals surface area contributed by atoms with E-state index in [0.29, 0.717) is 16.5 Å². The van der Waals surface area contributed by atoms with E-state index in [1.165, 1.54) is 23.9 Å². The summed E-state index contributed by atoms with van der Waals surface area (Å²) in [7, 11) is -4.63. The minimum atomic E-state index is -4.63. The van der Waals surface area contributed by atoms with Crippen molar-refractivity contribution < 1.29 is 22.0 Å². The molecule has 0 atom stereocenters. The van der Waals surface area contributed by atoms with E-state index in [0.717, 1.165) is 17.7 Å². The molecule has 0 fully saturated rings. The summed E-state index contributed by atoms with van der Waals surface area (Å²) in [5, 5.41) is 3.21. The number of carbonyl (C=O) groups excluding carboxylic acids is 1. The molecule has 0 bridgehead atoms. The Bertz CT molecular complexity index is 843. The van der Waals surface area contributed by atoms with E-state index in [4.69, 9.17) is 11.6 Å². The minimum absolute atomic E-state index is 0.184. The molecule has 2 rings (SSSR count). The zero-order valence-corrected chi connectivity index (χ0v) is 15.2. The van der Waals surface area contributed by atoms with Crippen molar-refractivity contribution in [1.29, 1.82) is 0 Å². The first-order valence-corrected chi connectivity index (χ1v) is 10.1. The lowest BCUT2D eigenvalue weighted by molar-refractivity contribution is -0.113. The van der Waals surface area contributed by atoms with Gasteiger partial charge in [-0.15, -0.1) is 11.8 Å². The molecule has 0 saturated carbocycles. The summed E-state index contributed by atoms with van der Waals surface area (Å²) in [4.78, 5) is 11.4. The molecule has 0 aromatic heterocycles. The standard InChI is InChI=1S/C16H14ClF2NO3S2/c17-12-3-1-2-11(8-12)9-24-10-15(21)20-13-4-6-14(7-5-13)25(22,23)16(18)19/h1-8,16H,9-10H2,(H,20,21). The molecule has 0 saturated heterocycles. The van der Waals surface area contributed by atoms with E-state index in [2.05, 4.69) is 5.32 Å². The largest absolute Gasteiger partial charge is 0.341 e. The number of benzene rings is 2. The van der Waals surface area contributed by atoms with Crippen LogP contribution in [0.3, 0.4) is 0 Å². The van der Waals surface area contributed by atoms with Crippen LogP contribution in [0.1, 0.15) is 5.56 Å². The van der Waals surface area contributed by atoms with Crippen LogP contribution in [0.15, 0.2) is 53.4 Å². The smallest absolute Gasteiger partial charge is 0.325 e. The van der Waals surface area contributed by atoms with Crippen LogP contribution in [0.2, 0.25) is 5.02 Å². The van der Waals surface area contributed by atoms with E-state index in [1.54, 1.807) is 6.07 Å². The number of halogens is 3. The second-order valence-corrected chi connectivity index (χ2v) is 8.34. The molecule has 0 aliphatic carbocycles. The third-order valence-electron chi connectivity index (χ3n) is 3.09. The first kappa shape index (κ1) is 19.7. The van der Waals surface area contributed by atoms with Crippen LogP contribution < -0.4 is 5.32 Å². The van der Waals surface area contributed by atoms with Crippen molar-refractivity contribution in [3.05, 3.63) is 59.1 Å². The second kappa shape index (κ2) is 8.64. The van der Waals surface area contributed by atoms with E-state index < -0.39 is 20.5 Å². The number of hydrogen-bond donors (Lipinski definition) is 1. The van der Waals surface area contributed by atoms with Crippen molar-refractivity contribution in [2.75, 3.05) is 11.1 Å². The van der Waals surface area contributed by atoms with Crippen molar-refractivity contribution in [3.8, 4) is 0 Å². The Hall–Kier alpha value is -1.64. The van der Waals surface area contributed by atoms with E-state index in [-0.39, 0.29) is 11.7 Å². The van der Waals surface area contributed by atoms with E-state index in [9.17, 15) is 22.0 Å². The topological polar surface area (TPSA) is 63.2 Å². The average Bonchev–Trinajstić information content (AvgIpc) is 2.55. The zero-order valence-electron chi connectivity index (χ0n) is 12.8. The lowest BCUT2D eigenvalue weighted by Crippen LogP contribution is -2.15. The summed E-state index contributed by atoms with van der Waals surface area (Å²) in [5.74, 6) is -2.96. The maximum absolute atomic E-state index is 12.4. The number of nitrogens with one attached hydrogen (secondary N) is 1. The number of thioether (sulfide) groups is 1. The molecule has 0 heterocycles. The van der Waals surface area contributed by atoms with Crippen LogP contribution in [0, 0.1) is 0 Å². The summed E-state index contributed by atoms with van der Waals surface area (Å²) >= 11 is 7.27. The Morgan fingerprint density at radius 3 is 2.44 bits per heavy atom. The van der Waals surface area contributed by atoms with Crippen molar-refractivity contribution in [1.82, 2.24) is 0 Å². The number of anilines is 1. The fraction of sp³-hybridized carbons (Fsp3) is 0.188. The third-order valence-corrected chi connectivity index (χ3v) is 5.73. The van der Waals surface area contributed by atoms with Crippen LogP contribution in [-0.4, -0.2) is 25.8 Å². The molecule has 1 amide bonds. The van der Waals surface area contributed by atoms with Gasteiger partial charge in [-0.25, -0.2) is 8.42 Å². The summed E-state index contributed by atoms with van der Waals surface area (Å²) in [6.07, 6.45) is 0. The number of rotatable bonds is 7. The van der Waals surface area contributed by atoms with Crippen LogP contribution in [-0.2, 0) is 20.4 Å². The first-order valence-electron chi connectivity index (χ1n) is 7.03. The van der Waals surface area contributed by atoms with Gasteiger partial charge in [0.2, 0.25) is 15.7 Å². The van der Waals surface area contributed by atoms with Gasteiger partial charge in [0.25, 0.3) is 0 Å². The molecule has 9 heteroatoms. The normalized spacial score (nSPS) is 11.5. The Balaban J connectivity index is 1.86. The molecule has 0 spiro atoms. The maximum atomic E-state index is 12.4. The monoisotopic (exact) mass is 405 g/mol. The highest BCUT2D eigenvalue weighted by Gasteiger charge is 2.26. The highest BCUT2D eigenvalue weighted by molar-refractivity contribution is 7.99. The van der Waals surface area contributed by atoms with Gasteiger partial charge in [-0.1, -0.05) is 23.7 Å². The van der Waals surface area contributed by atoms with Gasteiger partial charge in [0.05, 0.1) is 10.6 Å². The highest BCUT2D eigenvalue weighted by atomic mass is 35.5. The Morgan fingerprint density at radius 2 is 1.84 bits per heavy atom. The number of alkyl halides is 2. The maximum Gasteiger partial charge on any atom is 0.341 e. The van der Waals surface area contributed by atoms with Gasteiger partial charge >= 0.3 is 5.76 Å². The van der Waals surface area contributed by atoms with E-state index >= 15 is 0 Å². The fourth-order valence-corrected chi connectivity index (χ4v) is 3.63. The quantitative estimate of drug-likeness (QED) is 0.749. The predicted molar refractivity (Wildman–Crippen MR) is 95.9 cm³/mol. The molecule has 2 aromatic carbocycles. The lowest BCUT2D eigenvalue weighted by atomic mass is 10.2. The first-order chi connectivity index (χ1) is 11.8. The SMILES string of the molecule is O=C(CSCc1cccc(Cl)c1)Nc1ccc(S(=O)(=O)C(F)F)cc1. The average molecular weight is 406 g/mol. The van der Waals surface area contributed by atoms with Gasteiger partial charge in [0, 0.05) is 16.5 Å². The van der Waals surface area contributed by atoms with Crippen molar-refractivity contribution >= 4 is 44.8 Å². The van der Waals surface area contributed by atoms with Crippen LogP contribution >= 0.6 is 23.4 Å². The number of hydrogen-bond acceptors (Lipinski definition) is 4. The molecular formula is C16H14ClF2NO3S2. The van der Waals surface area contributed by atoms with Gasteiger partial charge in [0.15, 0.2) is 0 Å². The zero-order chi connectivity index (χ0) is 18.4. The molecule has 25 heavy (non-hydrogen) atoms. The molecular weight excluding hydrogens is 392 g/mol. The van der Waals surface area contributed by atoms with Crippen molar-refractivity contribution in [2.45, 2.75) is 16.4 Å². The molecule has 0 radical (unpaired) electrons. The summed E-state index contributed by atoms with van der Waals surface area (Å²) in [6.45, 7) is 0. The Morgan fingerprint density at radius 1 is 1.16 bits per heavy atom. The van der Waals surface area contributed by atoms with Gasteiger partial charge < -0.3 is 5.32 Å². The second-order valence-electron chi connectivity index (χ2n) is 5.00. The minimum Gasteiger partial charge on any atom is -0.325 e. The Labute approximate surface area is 153 Å². The van der Waals surface area contributed by atoms with Gasteiger partial charge in [0.1, 0.15) is 0 Å². The third kappa shape index (κ3) is 5.69. The Kier molecular flexibility index (Phi) is 6.80. The number of amides is 1. The van der Waals surface area contributed by atoms with Crippen LogP contribution in [0.4, 0.5) is 14.5 Å². The summed E-state index contributed by atoms with van der Waals surface area (Å²) in [6, 6.07) is 11.9. The van der Waals surface area contributed by atoms with Crippen molar-refractivity contribution in [3.63, 3.8) is 0 Å². The predicted octanol–water partition coefficient (Wildman–Crippen LogP) is 4.21. The van der Waals surface area contributed by atoms with Crippen molar-refractivity contribution in [2.24, 2.45) is 0 Å². The summed E-state index contributed by atoms with van der Waals surface area (Å²) < 4.78 is 47.5. The van der Waals surface area contributed by atoms with Crippen LogP contribution in [0.25, 0.3) is 0 Å². The van der Waals surface area contributed by atoms with E-state index in [1.807, 2.05) is 18.2 Å². The molecule has 134 valence electrons. The number of carbonyl (C=O) groups is 1. The fourth-order valence-electron chi connectivity index (χ4n) is 1.92. The molecule has 0 aliphatic heterocycles. The molecule has 4 nitrogen and oxygen atoms in total. The van der Waals surface area contributed by atoms with Gasteiger partial charge in [-0.3, -0.25) is 4.79 Å². The lowest BCUT2D eigenvalue weighted by Gasteiger charge is -2.07. The van der Waals surface area contributed by atoms with Gasteiger partial charge in [-0.05, 0) is 42.0 Å². The van der Waals surface area contributed by atoms with Gasteiger partial charge in [-0.2, -0.15) is 8.78 Å². The highest BCUT2D eigenvalue weighted by Crippen LogP contribution is 2.21. The summed E-state index contributed by atoms with van der Waals surface area (Å²) in [5.41, 5.74) is 1.33. The molecule has 0 aliphatic rings. The number of sulfone groups is 1. The van der Waals surface area contributed by atoms with Crippen LogP contribution in [0.5, 0.6) is 0 Å². The molecule has 0 unspecified atom stereocenters. The molecule has 2 aromatic rings. The molecule has 1 N–H and O–H groups in total.